The first-order valence-electron chi connectivity index (χ1n) is 4.54. The molecule has 0 radical (unpaired) electrons. The van der Waals surface area contributed by atoms with Crippen molar-refractivity contribution in [1.82, 2.24) is 0 Å². The van der Waals surface area contributed by atoms with Crippen LogP contribution in [-0.2, 0) is 10.3 Å². The van der Waals surface area contributed by atoms with Gasteiger partial charge in [-0.15, -0.1) is 0 Å². The molecule has 14 heavy (non-hydrogen) atoms. The molecule has 2 unspecified atom stereocenters. The fraction of sp³-hybridized carbons (Fsp3) is 0.364. The van der Waals surface area contributed by atoms with Crippen molar-refractivity contribution >= 4 is 17.7 Å². The molecule has 0 spiro atoms. The lowest BCUT2D eigenvalue weighted by Crippen LogP contribution is -2.04. The van der Waals surface area contributed by atoms with Gasteiger partial charge in [0.1, 0.15) is 5.54 Å². The van der Waals surface area contributed by atoms with Crippen LogP contribution in [0.25, 0.3) is 0 Å². The first kappa shape index (κ1) is 9.45. The number of rotatable bonds is 2. The average molecular weight is 208 g/mol. The monoisotopic (exact) mass is 207 g/mol. The minimum Gasteiger partial charge on any atom is -0.211 e. The second-order valence-corrected chi connectivity index (χ2v) is 4.18. The Morgan fingerprint density at radius 2 is 2.07 bits per heavy atom. The molecular weight excluding hydrogens is 198 g/mol. The third kappa shape index (κ3) is 1.37. The highest BCUT2D eigenvalue weighted by molar-refractivity contribution is 6.30. The molecule has 1 aromatic rings. The van der Waals surface area contributed by atoms with E-state index in [1.54, 1.807) is 6.08 Å². The lowest BCUT2D eigenvalue weighted by Gasteiger charge is -2.08. The highest BCUT2D eigenvalue weighted by Crippen LogP contribution is 2.54. The highest BCUT2D eigenvalue weighted by atomic mass is 35.5. The molecule has 0 N–H and O–H groups in total. The molecule has 1 fully saturated rings. The van der Waals surface area contributed by atoms with Crippen LogP contribution in [0.4, 0.5) is 0 Å². The lowest BCUT2D eigenvalue weighted by atomic mass is 10.0. The van der Waals surface area contributed by atoms with E-state index < -0.39 is 0 Å². The van der Waals surface area contributed by atoms with E-state index in [4.69, 9.17) is 11.6 Å². The molecule has 1 saturated carbocycles. The molecule has 1 aliphatic carbocycles. The van der Waals surface area contributed by atoms with Crippen LogP contribution in [0.3, 0.4) is 0 Å². The summed E-state index contributed by atoms with van der Waals surface area (Å²) >= 11 is 5.79. The van der Waals surface area contributed by atoms with Crippen LogP contribution < -0.4 is 0 Å². The first-order chi connectivity index (χ1) is 6.69. The summed E-state index contributed by atoms with van der Waals surface area (Å²) in [5.74, 6) is 0.421. The summed E-state index contributed by atoms with van der Waals surface area (Å²) in [4.78, 5) is 14.2. The van der Waals surface area contributed by atoms with Crippen molar-refractivity contribution in [1.29, 1.82) is 0 Å². The number of benzene rings is 1. The molecule has 1 aliphatic rings. The van der Waals surface area contributed by atoms with E-state index in [-0.39, 0.29) is 5.54 Å². The standard InChI is InChI=1S/C11H10ClNO/c1-8-6-11(8,13-7-14)9-2-4-10(12)5-3-9/h2-5,8H,6H2,1H3. The van der Waals surface area contributed by atoms with E-state index in [0.717, 1.165) is 12.0 Å². The van der Waals surface area contributed by atoms with E-state index in [0.29, 0.717) is 10.9 Å². The van der Waals surface area contributed by atoms with Gasteiger partial charge in [0.15, 0.2) is 0 Å². The van der Waals surface area contributed by atoms with Crippen molar-refractivity contribution in [3.63, 3.8) is 0 Å². The summed E-state index contributed by atoms with van der Waals surface area (Å²) in [5, 5.41) is 0.701. The molecule has 0 amide bonds. The van der Waals surface area contributed by atoms with Gasteiger partial charge >= 0.3 is 0 Å². The van der Waals surface area contributed by atoms with Gasteiger partial charge in [-0.25, -0.2) is 4.79 Å². The van der Waals surface area contributed by atoms with Crippen molar-refractivity contribution in [2.45, 2.75) is 18.9 Å². The summed E-state index contributed by atoms with van der Waals surface area (Å²) in [5.41, 5.74) is 0.740. The molecule has 0 heterocycles. The Morgan fingerprint density at radius 3 is 2.50 bits per heavy atom. The van der Waals surface area contributed by atoms with Crippen molar-refractivity contribution in [3.05, 3.63) is 34.9 Å². The number of carbonyl (C=O) groups excluding carboxylic acids is 1. The van der Waals surface area contributed by atoms with Crippen LogP contribution in [0.15, 0.2) is 29.3 Å². The molecule has 0 aliphatic heterocycles. The predicted octanol–water partition coefficient (Wildman–Crippen LogP) is 2.91. The van der Waals surface area contributed by atoms with Gasteiger partial charge in [0.25, 0.3) is 0 Å². The number of nitrogens with zero attached hydrogens (tertiary/aromatic N) is 1. The lowest BCUT2D eigenvalue weighted by molar-refractivity contribution is 0.552. The SMILES string of the molecule is CC1CC1(N=C=O)c1ccc(Cl)cc1. The zero-order valence-corrected chi connectivity index (χ0v) is 8.58. The van der Waals surface area contributed by atoms with Crippen LogP contribution in [0.5, 0.6) is 0 Å². The van der Waals surface area contributed by atoms with E-state index in [1.807, 2.05) is 24.3 Å². The Labute approximate surface area is 87.6 Å². The summed E-state index contributed by atoms with van der Waals surface area (Å²) in [7, 11) is 0. The summed E-state index contributed by atoms with van der Waals surface area (Å²) < 4.78 is 0. The summed E-state index contributed by atoms with van der Waals surface area (Å²) in [6, 6.07) is 7.49. The number of isocyanates is 1. The Balaban J connectivity index is 2.39. The van der Waals surface area contributed by atoms with Gasteiger partial charge in [-0.2, -0.15) is 4.99 Å². The molecule has 3 heteroatoms. The topological polar surface area (TPSA) is 29.4 Å². The second-order valence-electron chi connectivity index (χ2n) is 3.74. The van der Waals surface area contributed by atoms with E-state index in [9.17, 15) is 4.79 Å². The van der Waals surface area contributed by atoms with Crippen molar-refractivity contribution in [2.75, 3.05) is 0 Å². The first-order valence-corrected chi connectivity index (χ1v) is 4.92. The Bertz CT molecular complexity index is 394. The number of hydrogen-bond acceptors (Lipinski definition) is 2. The number of aliphatic imine (C=N–C) groups is 1. The van der Waals surface area contributed by atoms with E-state index in [2.05, 4.69) is 11.9 Å². The van der Waals surface area contributed by atoms with Crippen molar-refractivity contribution in [2.24, 2.45) is 10.9 Å². The van der Waals surface area contributed by atoms with E-state index in [1.165, 1.54) is 0 Å². The second kappa shape index (κ2) is 3.23. The molecule has 0 saturated heterocycles. The minimum atomic E-state index is -0.313. The molecule has 2 atom stereocenters. The van der Waals surface area contributed by atoms with Crippen LogP contribution in [0.2, 0.25) is 5.02 Å². The van der Waals surface area contributed by atoms with E-state index >= 15 is 0 Å². The summed E-state index contributed by atoms with van der Waals surface area (Å²) in [6.07, 6.45) is 2.58. The van der Waals surface area contributed by atoms with Gasteiger partial charge in [-0.05, 0) is 30.0 Å². The van der Waals surface area contributed by atoms with Gasteiger partial charge in [0.2, 0.25) is 6.08 Å². The van der Waals surface area contributed by atoms with Crippen LogP contribution in [0, 0.1) is 5.92 Å². The number of halogens is 1. The average Bonchev–Trinajstić information content (AvgIpc) is 2.79. The van der Waals surface area contributed by atoms with Crippen LogP contribution in [0.1, 0.15) is 18.9 Å². The quantitative estimate of drug-likeness (QED) is 0.542. The third-order valence-corrected chi connectivity index (χ3v) is 3.11. The maximum absolute atomic E-state index is 10.3. The molecule has 1 aromatic carbocycles. The molecule has 2 rings (SSSR count). The Kier molecular flexibility index (Phi) is 2.18. The van der Waals surface area contributed by atoms with Crippen molar-refractivity contribution < 1.29 is 4.79 Å². The van der Waals surface area contributed by atoms with Crippen molar-refractivity contribution in [3.8, 4) is 0 Å². The van der Waals surface area contributed by atoms with Gasteiger partial charge in [-0.1, -0.05) is 30.7 Å². The molecule has 2 nitrogen and oxygen atoms in total. The van der Waals surface area contributed by atoms with Gasteiger partial charge in [-0.3, -0.25) is 0 Å². The Morgan fingerprint density at radius 1 is 1.50 bits per heavy atom. The zero-order valence-electron chi connectivity index (χ0n) is 7.83. The van der Waals surface area contributed by atoms with Gasteiger partial charge < -0.3 is 0 Å². The zero-order chi connectivity index (χ0) is 10.2. The highest BCUT2D eigenvalue weighted by Gasteiger charge is 2.53. The predicted molar refractivity (Wildman–Crippen MR) is 55.0 cm³/mol. The fourth-order valence-corrected chi connectivity index (χ4v) is 1.98. The third-order valence-electron chi connectivity index (χ3n) is 2.86. The fourth-order valence-electron chi connectivity index (χ4n) is 1.85. The maximum Gasteiger partial charge on any atom is 0.235 e. The van der Waals surface area contributed by atoms with Gasteiger partial charge in [0.05, 0.1) is 0 Å². The van der Waals surface area contributed by atoms with Crippen LogP contribution in [-0.4, -0.2) is 6.08 Å². The molecular formula is C11H10ClNO. The van der Waals surface area contributed by atoms with Crippen LogP contribution >= 0.6 is 11.6 Å². The molecule has 72 valence electrons. The largest absolute Gasteiger partial charge is 0.235 e. The normalized spacial score (nSPS) is 29.4. The minimum absolute atomic E-state index is 0.313. The number of hydrogen-bond donors (Lipinski definition) is 0. The maximum atomic E-state index is 10.3. The van der Waals surface area contributed by atoms with Gasteiger partial charge in [0, 0.05) is 5.02 Å². The Hall–Kier alpha value is -1.11. The molecule has 0 bridgehead atoms. The molecule has 0 aromatic heterocycles. The smallest absolute Gasteiger partial charge is 0.211 e. The summed E-state index contributed by atoms with van der Waals surface area (Å²) in [6.45, 7) is 2.08.